The highest BCUT2D eigenvalue weighted by atomic mass is 79.9. The van der Waals surface area contributed by atoms with Crippen LogP contribution >= 0.6 is 39.3 Å². The fraction of sp³-hybridized carbons (Fsp3) is 0.167. The Balaban J connectivity index is 1.80. The van der Waals surface area contributed by atoms with Crippen LogP contribution in [-0.4, -0.2) is 31.2 Å². The van der Waals surface area contributed by atoms with Crippen molar-refractivity contribution in [3.63, 3.8) is 0 Å². The van der Waals surface area contributed by atoms with Gasteiger partial charge in [-0.15, -0.1) is 10.2 Å². The fourth-order valence-corrected chi connectivity index (χ4v) is 3.91. The van der Waals surface area contributed by atoms with Crippen molar-refractivity contribution in [3.8, 4) is 11.4 Å². The molecule has 7 nitrogen and oxygen atoms in total. The van der Waals surface area contributed by atoms with E-state index in [1.54, 1.807) is 0 Å². The van der Waals surface area contributed by atoms with Crippen LogP contribution in [0.25, 0.3) is 11.4 Å². The van der Waals surface area contributed by atoms with Crippen LogP contribution in [0.5, 0.6) is 0 Å². The molecule has 3 rings (SSSR count). The fourth-order valence-electron chi connectivity index (χ4n) is 2.54. The SMILES string of the molecule is CCn1c(SCC(=O)c2cc([N+](=O)[O-])ccc2Cl)nnc1-c1ccc(Br)cc1. The maximum absolute atomic E-state index is 12.5. The number of nitrogens with zero attached hydrogens (tertiary/aromatic N) is 4. The first kappa shape index (κ1) is 20.5. The van der Waals surface area contributed by atoms with Gasteiger partial charge in [-0.05, 0) is 25.1 Å². The Bertz CT molecular complexity index is 1040. The van der Waals surface area contributed by atoms with E-state index in [0.29, 0.717) is 17.5 Å². The van der Waals surface area contributed by atoms with E-state index in [-0.39, 0.29) is 27.8 Å². The van der Waals surface area contributed by atoms with Crippen molar-refractivity contribution in [3.05, 3.63) is 67.6 Å². The van der Waals surface area contributed by atoms with Crippen LogP contribution in [0.4, 0.5) is 5.69 Å². The summed E-state index contributed by atoms with van der Waals surface area (Å²) < 4.78 is 2.88. The quantitative estimate of drug-likeness (QED) is 0.198. The Morgan fingerprint density at radius 3 is 2.61 bits per heavy atom. The van der Waals surface area contributed by atoms with Gasteiger partial charge in [-0.3, -0.25) is 14.9 Å². The predicted molar refractivity (Wildman–Crippen MR) is 112 cm³/mol. The molecule has 0 unspecified atom stereocenters. The van der Waals surface area contributed by atoms with Crippen LogP contribution in [0.3, 0.4) is 0 Å². The lowest BCUT2D eigenvalue weighted by atomic mass is 10.1. The minimum absolute atomic E-state index is 0.0410. The first-order valence-electron chi connectivity index (χ1n) is 8.19. The number of non-ortho nitro benzene ring substituents is 1. The molecule has 0 aliphatic heterocycles. The molecular formula is C18H14BrClN4O3S. The Morgan fingerprint density at radius 2 is 1.96 bits per heavy atom. The molecule has 0 aliphatic carbocycles. The first-order chi connectivity index (χ1) is 13.4. The molecule has 28 heavy (non-hydrogen) atoms. The molecule has 0 fully saturated rings. The average molecular weight is 482 g/mol. The molecule has 0 amide bonds. The van der Waals surface area contributed by atoms with E-state index in [2.05, 4.69) is 26.1 Å². The van der Waals surface area contributed by atoms with E-state index in [1.165, 1.54) is 30.0 Å². The minimum atomic E-state index is -0.557. The minimum Gasteiger partial charge on any atom is -0.302 e. The summed E-state index contributed by atoms with van der Waals surface area (Å²) in [4.78, 5) is 22.9. The lowest BCUT2D eigenvalue weighted by Gasteiger charge is -2.08. The molecule has 0 atom stereocenters. The molecule has 1 heterocycles. The molecule has 144 valence electrons. The number of ketones is 1. The van der Waals surface area contributed by atoms with E-state index in [1.807, 2.05) is 35.8 Å². The number of carbonyl (C=O) groups excluding carboxylic acids is 1. The predicted octanol–water partition coefficient (Wildman–Crippen LogP) is 5.26. The highest BCUT2D eigenvalue weighted by Gasteiger charge is 2.19. The summed E-state index contributed by atoms with van der Waals surface area (Å²) in [5.74, 6) is 0.437. The van der Waals surface area contributed by atoms with Gasteiger partial charge in [0.15, 0.2) is 16.8 Å². The van der Waals surface area contributed by atoms with Crippen molar-refractivity contribution in [1.82, 2.24) is 14.8 Å². The number of hydrogen-bond acceptors (Lipinski definition) is 6. The molecule has 10 heteroatoms. The molecule has 0 aliphatic rings. The number of nitro groups is 1. The maximum Gasteiger partial charge on any atom is 0.270 e. The van der Waals surface area contributed by atoms with Crippen LogP contribution < -0.4 is 0 Å². The molecule has 0 spiro atoms. The zero-order valence-electron chi connectivity index (χ0n) is 14.6. The summed E-state index contributed by atoms with van der Waals surface area (Å²) in [6, 6.07) is 11.5. The van der Waals surface area contributed by atoms with Crippen LogP contribution in [0.1, 0.15) is 17.3 Å². The normalized spacial score (nSPS) is 10.8. The summed E-state index contributed by atoms with van der Waals surface area (Å²) in [6.07, 6.45) is 0. The zero-order chi connectivity index (χ0) is 20.3. The Morgan fingerprint density at radius 1 is 1.25 bits per heavy atom. The van der Waals surface area contributed by atoms with E-state index in [9.17, 15) is 14.9 Å². The van der Waals surface area contributed by atoms with Crippen LogP contribution in [0.15, 0.2) is 52.1 Å². The summed E-state index contributed by atoms with van der Waals surface area (Å²) in [5, 5.41) is 20.1. The maximum atomic E-state index is 12.5. The van der Waals surface area contributed by atoms with Crippen molar-refractivity contribution < 1.29 is 9.72 Å². The van der Waals surface area contributed by atoms with Crippen LogP contribution in [0, 0.1) is 10.1 Å². The van der Waals surface area contributed by atoms with Crippen molar-refractivity contribution in [1.29, 1.82) is 0 Å². The number of carbonyl (C=O) groups is 1. The van der Waals surface area contributed by atoms with Gasteiger partial charge in [0.1, 0.15) is 0 Å². The van der Waals surface area contributed by atoms with Gasteiger partial charge in [0.2, 0.25) is 0 Å². The zero-order valence-corrected chi connectivity index (χ0v) is 17.8. The van der Waals surface area contributed by atoms with Gasteiger partial charge >= 0.3 is 0 Å². The standard InChI is InChI=1S/C18H14BrClN4O3S/c1-2-23-17(11-3-5-12(19)6-4-11)21-22-18(23)28-10-16(25)14-9-13(24(26)27)7-8-15(14)20/h3-9H,2,10H2,1H3. The molecule has 0 radical (unpaired) electrons. The summed E-state index contributed by atoms with van der Waals surface area (Å²) in [6.45, 7) is 2.60. The van der Waals surface area contributed by atoms with Crippen LogP contribution in [-0.2, 0) is 6.54 Å². The van der Waals surface area contributed by atoms with Gasteiger partial charge in [0.25, 0.3) is 5.69 Å². The van der Waals surface area contributed by atoms with E-state index < -0.39 is 4.92 Å². The van der Waals surface area contributed by atoms with Crippen molar-refractivity contribution in [2.24, 2.45) is 0 Å². The largest absolute Gasteiger partial charge is 0.302 e. The molecule has 0 N–H and O–H groups in total. The second-order valence-corrected chi connectivity index (χ2v) is 7.96. The first-order valence-corrected chi connectivity index (χ1v) is 10.4. The van der Waals surface area contributed by atoms with Crippen molar-refractivity contribution >= 4 is 50.8 Å². The topological polar surface area (TPSA) is 90.9 Å². The molecule has 0 saturated heterocycles. The number of hydrogen-bond donors (Lipinski definition) is 0. The second kappa shape index (κ2) is 8.85. The number of benzene rings is 2. The van der Waals surface area contributed by atoms with Gasteiger partial charge in [0, 0.05) is 34.3 Å². The molecule has 0 saturated carbocycles. The van der Waals surface area contributed by atoms with Crippen molar-refractivity contribution in [2.75, 3.05) is 5.75 Å². The number of rotatable bonds is 7. The molecule has 2 aromatic carbocycles. The highest BCUT2D eigenvalue weighted by molar-refractivity contribution is 9.10. The third kappa shape index (κ3) is 4.43. The van der Waals surface area contributed by atoms with E-state index in [0.717, 1.165) is 10.0 Å². The lowest BCUT2D eigenvalue weighted by molar-refractivity contribution is -0.384. The summed E-state index contributed by atoms with van der Waals surface area (Å²) in [7, 11) is 0. The number of aromatic nitrogens is 3. The molecule has 3 aromatic rings. The summed E-state index contributed by atoms with van der Waals surface area (Å²) in [5.41, 5.74) is 0.864. The smallest absolute Gasteiger partial charge is 0.270 e. The Hall–Kier alpha value is -2.23. The van der Waals surface area contributed by atoms with E-state index in [4.69, 9.17) is 11.6 Å². The van der Waals surface area contributed by atoms with Crippen LogP contribution in [0.2, 0.25) is 5.02 Å². The van der Waals surface area contributed by atoms with Gasteiger partial charge in [0.05, 0.1) is 15.7 Å². The Labute approximate surface area is 178 Å². The summed E-state index contributed by atoms with van der Waals surface area (Å²) >= 11 is 10.7. The third-order valence-corrected chi connectivity index (χ3v) is 5.75. The second-order valence-electron chi connectivity index (χ2n) is 5.69. The molecular weight excluding hydrogens is 468 g/mol. The Kier molecular flexibility index (Phi) is 6.48. The van der Waals surface area contributed by atoms with Gasteiger partial charge in [-0.1, -0.05) is 51.4 Å². The highest BCUT2D eigenvalue weighted by Crippen LogP contribution is 2.28. The number of nitro benzene ring substituents is 1. The third-order valence-electron chi connectivity index (χ3n) is 3.93. The number of Topliss-reactive ketones (excluding diaryl/α,β-unsaturated/α-hetero) is 1. The molecule has 1 aromatic heterocycles. The van der Waals surface area contributed by atoms with E-state index >= 15 is 0 Å². The average Bonchev–Trinajstić information content (AvgIpc) is 3.09. The number of halogens is 2. The van der Waals surface area contributed by atoms with Crippen molar-refractivity contribution in [2.45, 2.75) is 18.6 Å². The van der Waals surface area contributed by atoms with Gasteiger partial charge in [-0.25, -0.2) is 0 Å². The van der Waals surface area contributed by atoms with Gasteiger partial charge < -0.3 is 4.57 Å². The molecule has 0 bridgehead atoms. The van der Waals surface area contributed by atoms with Gasteiger partial charge in [-0.2, -0.15) is 0 Å². The monoisotopic (exact) mass is 480 g/mol. The number of thioether (sulfide) groups is 1. The lowest BCUT2D eigenvalue weighted by Crippen LogP contribution is -2.06.